The summed E-state index contributed by atoms with van der Waals surface area (Å²) >= 11 is 6.35. The summed E-state index contributed by atoms with van der Waals surface area (Å²) in [5.74, 6) is -0.711. The Morgan fingerprint density at radius 1 is 1.03 bits per heavy atom. The van der Waals surface area contributed by atoms with Gasteiger partial charge in [0.05, 0.1) is 23.7 Å². The van der Waals surface area contributed by atoms with Gasteiger partial charge in [0.15, 0.2) is 5.65 Å². The maximum Gasteiger partial charge on any atom is 0.218 e. The number of nitrogens with one attached hydrogen (secondary N) is 1. The minimum absolute atomic E-state index is 0.290. The maximum atomic E-state index is 14.6. The summed E-state index contributed by atoms with van der Waals surface area (Å²) < 4.78 is 18.1. The van der Waals surface area contributed by atoms with Crippen LogP contribution in [0.25, 0.3) is 27.7 Å². The molecule has 0 aliphatic carbocycles. The molecule has 0 bridgehead atoms. The Bertz CT molecular complexity index is 1850. The topological polar surface area (TPSA) is 90.0 Å². The van der Waals surface area contributed by atoms with Gasteiger partial charge in [0, 0.05) is 24.4 Å². The third-order valence-electron chi connectivity index (χ3n) is 6.67. The van der Waals surface area contributed by atoms with Gasteiger partial charge in [-0.15, -0.1) is 5.10 Å². The van der Waals surface area contributed by atoms with Crippen LogP contribution in [0.15, 0.2) is 85.3 Å². The van der Waals surface area contributed by atoms with Crippen LogP contribution in [-0.2, 0) is 17.4 Å². The standard InChI is InChI=1S/C28H21ClFN7O/c1-17(38)32-28(26-15-31-16-36(26)2,19-6-4-8-22(30)12-19)20-9-10-25-24(13-20)23(14-27-33-34-35-37(25)27)18-5-3-7-21(29)11-18/h3-16H,1-2H3,(H,32,38). The molecule has 3 heterocycles. The van der Waals surface area contributed by atoms with E-state index in [9.17, 15) is 9.18 Å². The number of fused-ring (bicyclic) bond motifs is 3. The molecule has 0 spiro atoms. The van der Waals surface area contributed by atoms with Gasteiger partial charge in [0.2, 0.25) is 5.91 Å². The van der Waals surface area contributed by atoms with Gasteiger partial charge in [0.25, 0.3) is 0 Å². The Morgan fingerprint density at radius 2 is 1.84 bits per heavy atom. The lowest BCUT2D eigenvalue weighted by Gasteiger charge is -2.36. The Balaban J connectivity index is 1.73. The summed E-state index contributed by atoms with van der Waals surface area (Å²) in [6, 6.07) is 21.4. The number of amides is 1. The maximum absolute atomic E-state index is 14.6. The second-order valence-corrected chi connectivity index (χ2v) is 9.52. The normalized spacial score (nSPS) is 13.1. The number of aromatic nitrogens is 6. The zero-order valence-electron chi connectivity index (χ0n) is 20.4. The smallest absolute Gasteiger partial charge is 0.218 e. The number of carbonyl (C=O) groups is 1. The number of rotatable bonds is 5. The van der Waals surface area contributed by atoms with E-state index in [1.54, 1.807) is 29.2 Å². The van der Waals surface area contributed by atoms with Crippen molar-refractivity contribution in [2.24, 2.45) is 7.05 Å². The zero-order valence-corrected chi connectivity index (χ0v) is 21.2. The third-order valence-corrected chi connectivity index (χ3v) is 6.91. The molecule has 1 amide bonds. The molecule has 1 atom stereocenters. The molecule has 0 fully saturated rings. The Kier molecular flexibility index (Phi) is 5.65. The number of hydrogen-bond acceptors (Lipinski definition) is 5. The van der Waals surface area contributed by atoms with Crippen LogP contribution >= 0.6 is 11.6 Å². The monoisotopic (exact) mass is 525 g/mol. The van der Waals surface area contributed by atoms with Gasteiger partial charge >= 0.3 is 0 Å². The summed E-state index contributed by atoms with van der Waals surface area (Å²) in [6.45, 7) is 1.44. The van der Waals surface area contributed by atoms with Crippen molar-refractivity contribution in [2.75, 3.05) is 0 Å². The molecule has 10 heteroatoms. The van der Waals surface area contributed by atoms with Gasteiger partial charge < -0.3 is 9.88 Å². The first kappa shape index (κ1) is 23.7. The first-order valence-corrected chi connectivity index (χ1v) is 12.2. The van der Waals surface area contributed by atoms with E-state index >= 15 is 0 Å². The fourth-order valence-electron chi connectivity index (χ4n) is 5.10. The summed E-state index contributed by atoms with van der Waals surface area (Å²) in [5, 5.41) is 16.7. The number of imidazole rings is 1. The van der Waals surface area contributed by atoms with E-state index in [0.29, 0.717) is 27.5 Å². The molecule has 0 saturated heterocycles. The van der Waals surface area contributed by atoms with E-state index in [-0.39, 0.29) is 5.91 Å². The minimum Gasteiger partial charge on any atom is -0.337 e. The molecule has 1 N–H and O–H groups in total. The lowest BCUT2D eigenvalue weighted by atomic mass is 9.79. The van der Waals surface area contributed by atoms with Crippen molar-refractivity contribution in [3.8, 4) is 11.1 Å². The largest absolute Gasteiger partial charge is 0.337 e. The molecule has 188 valence electrons. The second kappa shape index (κ2) is 9.04. The molecule has 8 nitrogen and oxygen atoms in total. The molecule has 0 aliphatic heterocycles. The van der Waals surface area contributed by atoms with Crippen LogP contribution in [0, 0.1) is 5.82 Å². The number of carbonyl (C=O) groups excluding carboxylic acids is 1. The van der Waals surface area contributed by atoms with E-state index < -0.39 is 11.4 Å². The summed E-state index contributed by atoms with van der Waals surface area (Å²) in [6.07, 6.45) is 3.32. The fourth-order valence-corrected chi connectivity index (χ4v) is 5.29. The molecule has 1 unspecified atom stereocenters. The highest BCUT2D eigenvalue weighted by atomic mass is 35.5. The zero-order chi connectivity index (χ0) is 26.4. The van der Waals surface area contributed by atoms with Crippen LogP contribution in [0.4, 0.5) is 4.39 Å². The summed E-state index contributed by atoms with van der Waals surface area (Å²) in [4.78, 5) is 17.1. The number of nitrogens with zero attached hydrogens (tertiary/aromatic N) is 6. The molecule has 0 radical (unpaired) electrons. The average Bonchev–Trinajstić information content (AvgIpc) is 3.55. The van der Waals surface area contributed by atoms with Crippen LogP contribution in [0.3, 0.4) is 0 Å². The average molecular weight is 526 g/mol. The number of hydrogen-bond donors (Lipinski definition) is 1. The van der Waals surface area contributed by atoms with Crippen molar-refractivity contribution in [3.05, 3.63) is 113 Å². The molecule has 3 aromatic heterocycles. The van der Waals surface area contributed by atoms with E-state index in [0.717, 1.165) is 22.0 Å². The van der Waals surface area contributed by atoms with Crippen LogP contribution in [0.5, 0.6) is 0 Å². The van der Waals surface area contributed by atoms with Gasteiger partial charge in [-0.25, -0.2) is 9.37 Å². The van der Waals surface area contributed by atoms with Crippen molar-refractivity contribution in [1.82, 2.24) is 34.9 Å². The van der Waals surface area contributed by atoms with E-state index in [1.807, 2.05) is 60.1 Å². The number of tetrazole rings is 1. The molecule has 6 rings (SSSR count). The lowest BCUT2D eigenvalue weighted by molar-refractivity contribution is -0.120. The Hall–Kier alpha value is -4.63. The van der Waals surface area contributed by atoms with Crippen LogP contribution in [-0.4, -0.2) is 35.5 Å². The molecule has 3 aromatic carbocycles. The van der Waals surface area contributed by atoms with Crippen LogP contribution < -0.4 is 5.32 Å². The highest BCUT2D eigenvalue weighted by Gasteiger charge is 2.40. The minimum atomic E-state index is -1.26. The molecule has 0 aliphatic rings. The molecule has 6 aromatic rings. The van der Waals surface area contributed by atoms with Gasteiger partial charge in [0.1, 0.15) is 11.4 Å². The van der Waals surface area contributed by atoms with Crippen LogP contribution in [0.2, 0.25) is 5.02 Å². The van der Waals surface area contributed by atoms with Crippen molar-refractivity contribution < 1.29 is 9.18 Å². The first-order chi connectivity index (χ1) is 18.4. The van der Waals surface area contributed by atoms with E-state index in [1.165, 1.54) is 19.1 Å². The highest BCUT2D eigenvalue weighted by Crippen LogP contribution is 2.40. The SMILES string of the molecule is CC(=O)NC(c1cccc(F)c1)(c1ccc2c(c1)c(-c1cccc(Cl)c1)cc1nnnn12)c1cncn1C. The predicted molar refractivity (Wildman–Crippen MR) is 142 cm³/mol. The molecule has 38 heavy (non-hydrogen) atoms. The lowest BCUT2D eigenvalue weighted by Crippen LogP contribution is -2.48. The molecular weight excluding hydrogens is 505 g/mol. The Morgan fingerprint density at radius 3 is 2.58 bits per heavy atom. The van der Waals surface area contributed by atoms with Crippen molar-refractivity contribution in [3.63, 3.8) is 0 Å². The van der Waals surface area contributed by atoms with Crippen molar-refractivity contribution >= 4 is 34.1 Å². The first-order valence-electron chi connectivity index (χ1n) is 11.8. The Labute approximate surface area is 221 Å². The van der Waals surface area contributed by atoms with Gasteiger partial charge in [-0.3, -0.25) is 4.79 Å². The van der Waals surface area contributed by atoms with Crippen molar-refractivity contribution in [1.29, 1.82) is 0 Å². The second-order valence-electron chi connectivity index (χ2n) is 9.08. The molecule has 0 saturated carbocycles. The van der Waals surface area contributed by atoms with Gasteiger partial charge in [-0.05, 0) is 75.1 Å². The quantitative estimate of drug-likeness (QED) is 0.346. The third kappa shape index (κ3) is 3.79. The van der Waals surface area contributed by atoms with Gasteiger partial charge in [-0.1, -0.05) is 41.9 Å². The van der Waals surface area contributed by atoms with E-state index in [4.69, 9.17) is 11.6 Å². The van der Waals surface area contributed by atoms with Gasteiger partial charge in [-0.2, -0.15) is 4.52 Å². The number of aryl methyl sites for hydroxylation is 1. The number of pyridine rings is 1. The van der Waals surface area contributed by atoms with Crippen LogP contribution in [0.1, 0.15) is 23.7 Å². The number of benzene rings is 3. The summed E-state index contributed by atoms with van der Waals surface area (Å²) in [5.41, 5.74) is 3.71. The van der Waals surface area contributed by atoms with E-state index in [2.05, 4.69) is 25.8 Å². The highest BCUT2D eigenvalue weighted by molar-refractivity contribution is 6.30. The fraction of sp³-hybridized carbons (Fsp3) is 0.107. The number of halogens is 2. The molecular formula is C28H21ClFN7O. The predicted octanol–water partition coefficient (Wildman–Crippen LogP) is 4.90. The van der Waals surface area contributed by atoms with Crippen molar-refractivity contribution in [2.45, 2.75) is 12.5 Å². The summed E-state index contributed by atoms with van der Waals surface area (Å²) in [7, 11) is 1.83.